The summed E-state index contributed by atoms with van der Waals surface area (Å²) >= 11 is 0. The van der Waals surface area contributed by atoms with Crippen LogP contribution in [0.1, 0.15) is 49.9 Å². The fraction of sp³-hybridized carbons (Fsp3) is 0.529. The molecule has 1 aromatic carbocycles. The maximum Gasteiger partial charge on any atom is 0.308 e. The van der Waals surface area contributed by atoms with Gasteiger partial charge in [0.15, 0.2) is 5.78 Å². The molecule has 0 aliphatic heterocycles. The first-order chi connectivity index (χ1) is 10.9. The molecule has 0 atom stereocenters. The van der Waals surface area contributed by atoms with Gasteiger partial charge in [0.25, 0.3) is 0 Å². The first-order valence-electron chi connectivity index (χ1n) is 7.75. The van der Waals surface area contributed by atoms with E-state index in [1.807, 2.05) is 0 Å². The minimum atomic E-state index is -0.923. The first-order valence-corrected chi connectivity index (χ1v) is 7.75. The highest BCUT2D eigenvalue weighted by atomic mass is 19.1. The molecular formula is C17H20F2O4. The predicted molar refractivity (Wildman–Crippen MR) is 79.4 cm³/mol. The summed E-state index contributed by atoms with van der Waals surface area (Å²) in [6.45, 7) is 3.23. The van der Waals surface area contributed by atoms with Gasteiger partial charge in [0.1, 0.15) is 17.4 Å². The van der Waals surface area contributed by atoms with Crippen LogP contribution in [0, 0.1) is 17.6 Å². The molecule has 1 aliphatic rings. The maximum atomic E-state index is 13.8. The molecule has 23 heavy (non-hydrogen) atoms. The summed E-state index contributed by atoms with van der Waals surface area (Å²) in [5.74, 6) is -2.79. The van der Waals surface area contributed by atoms with E-state index >= 15 is 0 Å². The highest BCUT2D eigenvalue weighted by molar-refractivity contribution is 5.94. The quantitative estimate of drug-likeness (QED) is 0.612. The van der Waals surface area contributed by atoms with Crippen molar-refractivity contribution < 1.29 is 27.8 Å². The van der Waals surface area contributed by atoms with Crippen LogP contribution in [0.3, 0.4) is 0 Å². The van der Waals surface area contributed by atoms with E-state index in [-0.39, 0.29) is 23.7 Å². The number of ether oxygens (including phenoxy) is 2. The second-order valence-corrected chi connectivity index (χ2v) is 5.66. The second-order valence-electron chi connectivity index (χ2n) is 5.66. The fourth-order valence-corrected chi connectivity index (χ4v) is 2.82. The molecular weight excluding hydrogens is 306 g/mol. The lowest BCUT2D eigenvalue weighted by Crippen LogP contribution is -2.29. The van der Waals surface area contributed by atoms with E-state index in [4.69, 9.17) is 9.47 Å². The lowest BCUT2D eigenvalue weighted by atomic mass is 9.87. The molecule has 0 amide bonds. The standard InChI is InChI=1S/C17H20F2O4/c1-3-22-17(21)11-4-6-12(7-5-11)23-13-8-14(18)16(10(2)20)15(19)9-13/h8-9,11-12H,3-7H2,1-2H3/t11-,12-. The molecule has 4 nitrogen and oxygen atoms in total. The third-order valence-corrected chi connectivity index (χ3v) is 3.96. The van der Waals surface area contributed by atoms with Crippen molar-refractivity contribution in [2.24, 2.45) is 5.92 Å². The number of rotatable bonds is 5. The molecule has 2 rings (SSSR count). The van der Waals surface area contributed by atoms with Crippen LogP contribution in [0.15, 0.2) is 12.1 Å². The molecule has 126 valence electrons. The van der Waals surface area contributed by atoms with Crippen molar-refractivity contribution in [1.82, 2.24) is 0 Å². The molecule has 0 saturated heterocycles. The maximum absolute atomic E-state index is 13.8. The molecule has 1 fully saturated rings. The number of carbonyl (C=O) groups excluding carboxylic acids is 2. The largest absolute Gasteiger partial charge is 0.490 e. The van der Waals surface area contributed by atoms with Gasteiger partial charge in [0.2, 0.25) is 0 Å². The minimum absolute atomic E-state index is 0.0598. The minimum Gasteiger partial charge on any atom is -0.490 e. The van der Waals surface area contributed by atoms with Gasteiger partial charge >= 0.3 is 5.97 Å². The van der Waals surface area contributed by atoms with Gasteiger partial charge in [-0.25, -0.2) is 8.78 Å². The van der Waals surface area contributed by atoms with Crippen molar-refractivity contribution in [3.05, 3.63) is 29.3 Å². The molecule has 0 heterocycles. The summed E-state index contributed by atoms with van der Waals surface area (Å²) in [7, 11) is 0. The molecule has 0 spiro atoms. The Balaban J connectivity index is 1.97. The predicted octanol–water partition coefficient (Wildman–Crippen LogP) is 3.67. The lowest BCUT2D eigenvalue weighted by molar-refractivity contribution is -0.149. The first kappa shape index (κ1) is 17.4. The van der Waals surface area contributed by atoms with E-state index in [1.54, 1.807) is 6.92 Å². The fourth-order valence-electron chi connectivity index (χ4n) is 2.82. The van der Waals surface area contributed by atoms with Crippen molar-refractivity contribution in [2.45, 2.75) is 45.6 Å². The Morgan fingerprint density at radius 1 is 1.13 bits per heavy atom. The van der Waals surface area contributed by atoms with Gasteiger partial charge in [-0.15, -0.1) is 0 Å². The molecule has 1 aliphatic carbocycles. The van der Waals surface area contributed by atoms with E-state index in [0.717, 1.165) is 19.1 Å². The number of hydrogen-bond donors (Lipinski definition) is 0. The average molecular weight is 326 g/mol. The Labute approximate surface area is 133 Å². The summed E-state index contributed by atoms with van der Waals surface area (Å²) in [4.78, 5) is 22.8. The normalized spacial score (nSPS) is 20.9. The highest BCUT2D eigenvalue weighted by Crippen LogP contribution is 2.30. The molecule has 0 bridgehead atoms. The van der Waals surface area contributed by atoms with Gasteiger partial charge < -0.3 is 9.47 Å². The summed E-state index contributed by atoms with van der Waals surface area (Å²) < 4.78 is 38.1. The van der Waals surface area contributed by atoms with Crippen LogP contribution in [-0.2, 0) is 9.53 Å². The molecule has 0 N–H and O–H groups in total. The van der Waals surface area contributed by atoms with Crippen molar-refractivity contribution in [3.8, 4) is 5.75 Å². The number of hydrogen-bond acceptors (Lipinski definition) is 4. The Morgan fingerprint density at radius 3 is 2.17 bits per heavy atom. The number of ketones is 1. The topological polar surface area (TPSA) is 52.6 Å². The van der Waals surface area contributed by atoms with Crippen molar-refractivity contribution in [2.75, 3.05) is 6.61 Å². The van der Waals surface area contributed by atoms with Crippen LogP contribution in [0.4, 0.5) is 8.78 Å². The monoisotopic (exact) mass is 326 g/mol. The van der Waals surface area contributed by atoms with Crippen molar-refractivity contribution >= 4 is 11.8 Å². The average Bonchev–Trinajstić information content (AvgIpc) is 2.47. The van der Waals surface area contributed by atoms with Crippen molar-refractivity contribution in [1.29, 1.82) is 0 Å². The molecule has 0 aromatic heterocycles. The van der Waals surface area contributed by atoms with Gasteiger partial charge in [0, 0.05) is 12.1 Å². The number of Topliss-reactive ketones (excluding diaryl/α,β-unsaturated/α-hetero) is 1. The van der Waals surface area contributed by atoms with Crippen LogP contribution in [-0.4, -0.2) is 24.5 Å². The van der Waals surface area contributed by atoms with Gasteiger partial charge in [-0.05, 0) is 39.5 Å². The molecule has 0 radical (unpaired) electrons. The summed E-state index contributed by atoms with van der Waals surface area (Å²) in [5.41, 5.74) is -0.552. The van der Waals surface area contributed by atoms with E-state index in [0.29, 0.717) is 32.3 Å². The number of benzene rings is 1. The van der Waals surface area contributed by atoms with Crippen LogP contribution in [0.2, 0.25) is 0 Å². The third kappa shape index (κ3) is 4.27. The van der Waals surface area contributed by atoms with Crippen LogP contribution < -0.4 is 4.74 Å². The molecule has 0 unspecified atom stereocenters. The summed E-state index contributed by atoms with van der Waals surface area (Å²) in [6.07, 6.45) is 2.27. The van der Waals surface area contributed by atoms with Gasteiger partial charge in [0.05, 0.1) is 24.2 Å². The Hall–Kier alpha value is -1.98. The van der Waals surface area contributed by atoms with Crippen LogP contribution in [0.5, 0.6) is 5.75 Å². The van der Waals surface area contributed by atoms with E-state index < -0.39 is 23.0 Å². The number of carbonyl (C=O) groups is 2. The Morgan fingerprint density at radius 2 is 1.70 bits per heavy atom. The van der Waals surface area contributed by atoms with Gasteiger partial charge in [-0.1, -0.05) is 0 Å². The van der Waals surface area contributed by atoms with Gasteiger partial charge in [-0.2, -0.15) is 0 Å². The van der Waals surface area contributed by atoms with E-state index in [9.17, 15) is 18.4 Å². The zero-order chi connectivity index (χ0) is 17.0. The summed E-state index contributed by atoms with van der Waals surface area (Å²) in [5, 5.41) is 0. The SMILES string of the molecule is CCOC(=O)[C@H]1CC[C@H](Oc2cc(F)c(C(C)=O)c(F)c2)CC1. The third-order valence-electron chi connectivity index (χ3n) is 3.96. The van der Waals surface area contributed by atoms with Crippen molar-refractivity contribution in [3.63, 3.8) is 0 Å². The number of halogens is 2. The molecule has 1 aromatic rings. The smallest absolute Gasteiger partial charge is 0.308 e. The lowest BCUT2D eigenvalue weighted by Gasteiger charge is -2.27. The zero-order valence-electron chi connectivity index (χ0n) is 13.2. The highest BCUT2D eigenvalue weighted by Gasteiger charge is 2.28. The van der Waals surface area contributed by atoms with E-state index in [1.165, 1.54) is 0 Å². The van der Waals surface area contributed by atoms with E-state index in [2.05, 4.69) is 0 Å². The zero-order valence-corrected chi connectivity index (χ0v) is 13.2. The molecule has 1 saturated carbocycles. The second kappa shape index (κ2) is 7.53. The Kier molecular flexibility index (Phi) is 5.69. The summed E-state index contributed by atoms with van der Waals surface area (Å²) in [6, 6.07) is 2.05. The molecule has 6 heteroatoms. The van der Waals surface area contributed by atoms with Crippen LogP contribution in [0.25, 0.3) is 0 Å². The van der Waals surface area contributed by atoms with Gasteiger partial charge in [-0.3, -0.25) is 9.59 Å². The Bertz CT molecular complexity index is 569. The number of esters is 1. The van der Waals surface area contributed by atoms with Crippen LogP contribution >= 0.6 is 0 Å².